The van der Waals surface area contributed by atoms with Crippen LogP contribution in [0.5, 0.6) is 0 Å². The van der Waals surface area contributed by atoms with Crippen molar-refractivity contribution in [2.24, 2.45) is 0 Å². The minimum absolute atomic E-state index is 0.124. The second-order valence-corrected chi connectivity index (χ2v) is 8.57. The van der Waals surface area contributed by atoms with Gasteiger partial charge in [-0.15, -0.1) is 0 Å². The lowest BCUT2D eigenvalue weighted by Crippen LogP contribution is -2.46. The fourth-order valence-electron chi connectivity index (χ4n) is 4.40. The third kappa shape index (κ3) is 4.89. The van der Waals surface area contributed by atoms with E-state index in [2.05, 4.69) is 24.1 Å². The van der Waals surface area contributed by atoms with Gasteiger partial charge < -0.3 is 10.1 Å². The monoisotopic (exact) mass is 435 g/mol. The number of amides is 3. The van der Waals surface area contributed by atoms with Crippen LogP contribution in [0.1, 0.15) is 56.9 Å². The van der Waals surface area contributed by atoms with Gasteiger partial charge >= 0.3 is 0 Å². The van der Waals surface area contributed by atoms with Crippen molar-refractivity contribution in [1.82, 2.24) is 15.1 Å². The zero-order valence-electron chi connectivity index (χ0n) is 18.5. The molecule has 7 nitrogen and oxygen atoms in total. The molecule has 2 aliphatic heterocycles. The Kier molecular flexibility index (Phi) is 6.67. The molecule has 2 atom stereocenters. The van der Waals surface area contributed by atoms with Gasteiger partial charge in [0.05, 0.1) is 29.9 Å². The molecule has 2 aliphatic rings. The highest BCUT2D eigenvalue weighted by atomic mass is 16.5. The van der Waals surface area contributed by atoms with E-state index in [1.54, 1.807) is 48.5 Å². The molecule has 0 bridgehead atoms. The zero-order chi connectivity index (χ0) is 22.7. The van der Waals surface area contributed by atoms with Crippen molar-refractivity contribution in [2.45, 2.75) is 39.0 Å². The van der Waals surface area contributed by atoms with Crippen LogP contribution >= 0.6 is 0 Å². The third-order valence-electron chi connectivity index (χ3n) is 5.87. The predicted octanol–water partition coefficient (Wildman–Crippen LogP) is 2.71. The predicted molar refractivity (Wildman–Crippen MR) is 120 cm³/mol. The molecule has 0 radical (unpaired) electrons. The van der Waals surface area contributed by atoms with Gasteiger partial charge in [-0.05, 0) is 50.1 Å². The molecule has 7 heteroatoms. The number of hydrogen-bond donors (Lipinski definition) is 1. The molecule has 0 aliphatic carbocycles. The molecule has 0 saturated carbocycles. The lowest BCUT2D eigenvalue weighted by Gasteiger charge is -2.35. The van der Waals surface area contributed by atoms with Crippen molar-refractivity contribution in [1.29, 1.82) is 0 Å². The summed E-state index contributed by atoms with van der Waals surface area (Å²) in [6, 6.07) is 13.9. The highest BCUT2D eigenvalue weighted by molar-refractivity contribution is 6.21. The van der Waals surface area contributed by atoms with Crippen LogP contribution in [-0.4, -0.2) is 65.9 Å². The first-order chi connectivity index (χ1) is 15.4. The van der Waals surface area contributed by atoms with Crippen molar-refractivity contribution in [3.05, 3.63) is 70.8 Å². The number of carbonyl (C=O) groups excluding carboxylic acids is 3. The SMILES string of the molecule is C[C@@H]1CN(CCCNC(=O)c2ccc(CN3C(=O)c4ccccc4C3=O)cc2)C[C@@H](C)O1. The van der Waals surface area contributed by atoms with Crippen molar-refractivity contribution in [2.75, 3.05) is 26.2 Å². The summed E-state index contributed by atoms with van der Waals surface area (Å²) in [5.74, 6) is -0.686. The van der Waals surface area contributed by atoms with Crippen LogP contribution in [0.15, 0.2) is 48.5 Å². The molecule has 2 aromatic carbocycles. The highest BCUT2D eigenvalue weighted by Gasteiger charge is 2.34. The maximum atomic E-state index is 12.5. The number of ether oxygens (including phenoxy) is 1. The Morgan fingerprint density at radius 2 is 1.56 bits per heavy atom. The number of benzene rings is 2. The van der Waals surface area contributed by atoms with Crippen LogP contribution in [0.4, 0.5) is 0 Å². The fraction of sp³-hybridized carbons (Fsp3) is 0.400. The van der Waals surface area contributed by atoms with Gasteiger partial charge in [0.25, 0.3) is 17.7 Å². The summed E-state index contributed by atoms with van der Waals surface area (Å²) in [7, 11) is 0. The maximum absolute atomic E-state index is 12.5. The van der Waals surface area contributed by atoms with Crippen LogP contribution in [0, 0.1) is 0 Å². The average molecular weight is 436 g/mol. The Hall–Kier alpha value is -3.03. The molecule has 0 spiro atoms. The second-order valence-electron chi connectivity index (χ2n) is 8.57. The van der Waals surface area contributed by atoms with E-state index in [9.17, 15) is 14.4 Å². The molecule has 0 aromatic heterocycles. The molecule has 2 heterocycles. The number of nitrogens with one attached hydrogen (secondary N) is 1. The molecule has 4 rings (SSSR count). The summed E-state index contributed by atoms with van der Waals surface area (Å²) in [5.41, 5.74) is 2.24. The molecule has 3 amide bonds. The fourth-order valence-corrected chi connectivity index (χ4v) is 4.40. The molecule has 1 N–H and O–H groups in total. The number of hydrogen-bond acceptors (Lipinski definition) is 5. The van der Waals surface area contributed by atoms with Gasteiger partial charge in [-0.25, -0.2) is 0 Å². The second kappa shape index (κ2) is 9.63. The van der Waals surface area contributed by atoms with E-state index < -0.39 is 0 Å². The molecular formula is C25H29N3O4. The third-order valence-corrected chi connectivity index (χ3v) is 5.87. The Morgan fingerprint density at radius 1 is 0.969 bits per heavy atom. The lowest BCUT2D eigenvalue weighted by atomic mass is 10.1. The molecule has 168 valence electrons. The van der Waals surface area contributed by atoms with E-state index in [1.807, 2.05) is 0 Å². The van der Waals surface area contributed by atoms with Crippen molar-refractivity contribution in [3.8, 4) is 0 Å². The molecule has 32 heavy (non-hydrogen) atoms. The summed E-state index contributed by atoms with van der Waals surface area (Å²) in [6.45, 7) is 7.74. The Bertz CT molecular complexity index is 960. The topological polar surface area (TPSA) is 79.0 Å². The number of fused-ring (bicyclic) bond motifs is 1. The first-order valence-electron chi connectivity index (χ1n) is 11.1. The van der Waals surface area contributed by atoms with Crippen molar-refractivity contribution in [3.63, 3.8) is 0 Å². The largest absolute Gasteiger partial charge is 0.373 e. The van der Waals surface area contributed by atoms with E-state index in [0.717, 1.165) is 31.6 Å². The molecular weight excluding hydrogens is 406 g/mol. The van der Waals surface area contributed by atoms with Gasteiger partial charge in [-0.3, -0.25) is 24.2 Å². The highest BCUT2D eigenvalue weighted by Crippen LogP contribution is 2.24. The first kappa shape index (κ1) is 22.2. The average Bonchev–Trinajstić information content (AvgIpc) is 3.01. The van der Waals surface area contributed by atoms with Crippen LogP contribution in [0.3, 0.4) is 0 Å². The van der Waals surface area contributed by atoms with Gasteiger partial charge in [0, 0.05) is 31.7 Å². The van der Waals surface area contributed by atoms with E-state index in [4.69, 9.17) is 4.74 Å². The quantitative estimate of drug-likeness (QED) is 0.534. The Labute approximate surface area is 188 Å². The van der Waals surface area contributed by atoms with Crippen molar-refractivity contribution < 1.29 is 19.1 Å². The lowest BCUT2D eigenvalue weighted by molar-refractivity contribution is -0.0680. The standard InChI is InChI=1S/C25H29N3O4/c1-17-14-27(15-18(2)32-17)13-5-12-26-23(29)20-10-8-19(9-11-20)16-28-24(30)21-6-3-4-7-22(21)25(28)31/h3-4,6-11,17-18H,5,12-16H2,1-2H3,(H,26,29)/t17-,18-/m1/s1. The van der Waals surface area contributed by atoms with Gasteiger partial charge in [0.2, 0.25) is 0 Å². The van der Waals surface area contributed by atoms with Crippen LogP contribution in [-0.2, 0) is 11.3 Å². The van der Waals surface area contributed by atoms with E-state index in [-0.39, 0.29) is 36.5 Å². The summed E-state index contributed by atoms with van der Waals surface area (Å²) < 4.78 is 5.75. The van der Waals surface area contributed by atoms with Gasteiger partial charge in [-0.2, -0.15) is 0 Å². The minimum atomic E-state index is -0.281. The number of morpholine rings is 1. The Balaban J connectivity index is 1.25. The minimum Gasteiger partial charge on any atom is -0.373 e. The van der Waals surface area contributed by atoms with Gasteiger partial charge in [-0.1, -0.05) is 24.3 Å². The number of nitrogens with zero attached hydrogens (tertiary/aromatic N) is 2. The van der Waals surface area contributed by atoms with E-state index in [0.29, 0.717) is 23.2 Å². The molecule has 1 fully saturated rings. The van der Waals surface area contributed by atoms with Gasteiger partial charge in [0.15, 0.2) is 0 Å². The first-order valence-corrected chi connectivity index (χ1v) is 11.1. The van der Waals surface area contributed by atoms with Crippen LogP contribution in [0.2, 0.25) is 0 Å². The summed E-state index contributed by atoms with van der Waals surface area (Å²) in [4.78, 5) is 41.1. The normalized spacial score (nSPS) is 21.0. The Morgan fingerprint density at radius 3 is 2.16 bits per heavy atom. The van der Waals surface area contributed by atoms with E-state index >= 15 is 0 Å². The van der Waals surface area contributed by atoms with Crippen LogP contribution < -0.4 is 5.32 Å². The number of carbonyl (C=O) groups is 3. The maximum Gasteiger partial charge on any atom is 0.261 e. The number of imide groups is 1. The zero-order valence-corrected chi connectivity index (χ0v) is 18.5. The number of rotatable bonds is 7. The molecule has 1 saturated heterocycles. The summed E-state index contributed by atoms with van der Waals surface area (Å²) >= 11 is 0. The van der Waals surface area contributed by atoms with Crippen molar-refractivity contribution >= 4 is 17.7 Å². The van der Waals surface area contributed by atoms with Crippen LogP contribution in [0.25, 0.3) is 0 Å². The van der Waals surface area contributed by atoms with Gasteiger partial charge in [0.1, 0.15) is 0 Å². The summed E-state index contributed by atoms with van der Waals surface area (Å²) in [5, 5.41) is 2.96. The smallest absolute Gasteiger partial charge is 0.261 e. The summed E-state index contributed by atoms with van der Waals surface area (Å²) in [6.07, 6.45) is 1.36. The molecule has 0 unspecified atom stereocenters. The molecule has 2 aromatic rings. The van der Waals surface area contributed by atoms with E-state index in [1.165, 1.54) is 4.90 Å².